The Balaban J connectivity index is 1.73. The van der Waals surface area contributed by atoms with Crippen molar-refractivity contribution in [3.8, 4) is 11.3 Å². The summed E-state index contributed by atoms with van der Waals surface area (Å²) in [4.78, 5) is 30.7. The van der Waals surface area contributed by atoms with E-state index in [9.17, 15) is 14.7 Å². The summed E-state index contributed by atoms with van der Waals surface area (Å²) in [7, 11) is 0. The monoisotopic (exact) mass is 365 g/mol. The standard InChI is InChI=1S/C24H15NO3/c26-22-16-8-2-3-9-17(16)23(27)24(22,28)19-11-5-4-10-18(19)21-14-13-15-7-1-6-12-20(15)25-21/h1-14,28H. The van der Waals surface area contributed by atoms with Crippen LogP contribution in [0, 0.1) is 0 Å². The molecule has 4 aromatic rings. The maximum atomic E-state index is 13.0. The van der Waals surface area contributed by atoms with Gasteiger partial charge in [-0.25, -0.2) is 4.98 Å². The predicted molar refractivity (Wildman–Crippen MR) is 106 cm³/mol. The second kappa shape index (κ2) is 5.94. The molecule has 0 fully saturated rings. The van der Waals surface area contributed by atoms with Gasteiger partial charge in [0.25, 0.3) is 0 Å². The molecule has 5 rings (SSSR count). The molecule has 1 N–H and O–H groups in total. The lowest BCUT2D eigenvalue weighted by molar-refractivity contribution is 0.0323. The second-order valence-electron chi connectivity index (χ2n) is 6.85. The maximum absolute atomic E-state index is 13.0. The molecular weight excluding hydrogens is 350 g/mol. The fourth-order valence-corrected chi connectivity index (χ4v) is 3.85. The zero-order valence-electron chi connectivity index (χ0n) is 14.8. The molecule has 4 nitrogen and oxygen atoms in total. The topological polar surface area (TPSA) is 67.3 Å². The number of pyridine rings is 1. The SMILES string of the molecule is O=C1c2ccccc2C(=O)C1(O)c1ccccc1-c1ccc2ccccc2n1. The van der Waals surface area contributed by atoms with E-state index in [-0.39, 0.29) is 16.7 Å². The van der Waals surface area contributed by atoms with Gasteiger partial charge in [-0.15, -0.1) is 0 Å². The van der Waals surface area contributed by atoms with Crippen LogP contribution in [0.1, 0.15) is 26.3 Å². The molecule has 1 aromatic heterocycles. The van der Waals surface area contributed by atoms with Gasteiger partial charge in [-0.05, 0) is 12.1 Å². The Morgan fingerprint density at radius 3 is 1.93 bits per heavy atom. The highest BCUT2D eigenvalue weighted by molar-refractivity contribution is 6.32. The minimum Gasteiger partial charge on any atom is -0.370 e. The summed E-state index contributed by atoms with van der Waals surface area (Å²) in [5.74, 6) is -1.19. The van der Waals surface area contributed by atoms with E-state index in [2.05, 4.69) is 4.98 Å². The molecule has 1 aliphatic rings. The zero-order valence-corrected chi connectivity index (χ0v) is 14.8. The number of hydrogen-bond donors (Lipinski definition) is 1. The highest BCUT2D eigenvalue weighted by Gasteiger charge is 2.53. The number of ketones is 2. The molecule has 1 heterocycles. The third kappa shape index (κ3) is 2.19. The Kier molecular flexibility index (Phi) is 3.51. The molecule has 1 aliphatic carbocycles. The highest BCUT2D eigenvalue weighted by Crippen LogP contribution is 2.41. The number of fused-ring (bicyclic) bond motifs is 2. The van der Waals surface area contributed by atoms with E-state index < -0.39 is 17.2 Å². The van der Waals surface area contributed by atoms with Crippen LogP contribution in [0.5, 0.6) is 0 Å². The fourth-order valence-electron chi connectivity index (χ4n) is 3.85. The van der Waals surface area contributed by atoms with Crippen molar-refractivity contribution in [3.05, 3.63) is 102 Å². The lowest BCUT2D eigenvalue weighted by atomic mass is 9.84. The first-order valence-corrected chi connectivity index (χ1v) is 8.97. The van der Waals surface area contributed by atoms with Gasteiger partial charge < -0.3 is 5.11 Å². The number of nitrogens with zero attached hydrogens (tertiary/aromatic N) is 1. The van der Waals surface area contributed by atoms with Crippen LogP contribution in [-0.4, -0.2) is 21.7 Å². The van der Waals surface area contributed by atoms with Gasteiger partial charge >= 0.3 is 0 Å². The Bertz CT molecular complexity index is 1240. The molecule has 0 saturated heterocycles. The van der Waals surface area contributed by atoms with Gasteiger partial charge in [-0.2, -0.15) is 0 Å². The second-order valence-corrected chi connectivity index (χ2v) is 6.85. The maximum Gasteiger partial charge on any atom is 0.217 e. The van der Waals surface area contributed by atoms with E-state index in [4.69, 9.17) is 0 Å². The van der Waals surface area contributed by atoms with E-state index in [1.54, 1.807) is 48.5 Å². The molecule has 28 heavy (non-hydrogen) atoms. The van der Waals surface area contributed by atoms with Crippen molar-refractivity contribution in [2.75, 3.05) is 0 Å². The lowest BCUT2D eigenvalue weighted by Gasteiger charge is -2.22. The van der Waals surface area contributed by atoms with Crippen molar-refractivity contribution in [1.82, 2.24) is 4.98 Å². The molecule has 0 aliphatic heterocycles. The Hall–Kier alpha value is -3.63. The summed E-state index contributed by atoms with van der Waals surface area (Å²) in [6.45, 7) is 0. The van der Waals surface area contributed by atoms with Gasteiger partial charge in [-0.3, -0.25) is 9.59 Å². The summed E-state index contributed by atoms with van der Waals surface area (Å²) >= 11 is 0. The van der Waals surface area contributed by atoms with Crippen molar-refractivity contribution in [2.24, 2.45) is 0 Å². The van der Waals surface area contributed by atoms with E-state index in [0.717, 1.165) is 10.9 Å². The van der Waals surface area contributed by atoms with Crippen molar-refractivity contribution < 1.29 is 14.7 Å². The molecule has 0 spiro atoms. The van der Waals surface area contributed by atoms with Crippen LogP contribution in [0.3, 0.4) is 0 Å². The fraction of sp³-hybridized carbons (Fsp3) is 0.0417. The molecule has 4 heteroatoms. The molecule has 3 aromatic carbocycles. The predicted octanol–water partition coefficient (Wildman–Crippen LogP) is 4.17. The normalized spacial score (nSPS) is 15.0. The van der Waals surface area contributed by atoms with Crippen LogP contribution in [0.4, 0.5) is 0 Å². The number of hydrogen-bond acceptors (Lipinski definition) is 4. The molecular formula is C24H15NO3. The number of aromatic nitrogens is 1. The van der Waals surface area contributed by atoms with Crippen LogP contribution < -0.4 is 0 Å². The number of Topliss-reactive ketones (excluding diaryl/α,β-unsaturated/α-hetero) is 2. The Labute approximate surface area is 161 Å². The molecule has 0 amide bonds. The van der Waals surface area contributed by atoms with Gasteiger partial charge in [0.05, 0.1) is 11.2 Å². The summed E-state index contributed by atoms with van der Waals surface area (Å²) < 4.78 is 0. The minimum absolute atomic E-state index is 0.247. The summed E-state index contributed by atoms with van der Waals surface area (Å²) in [6, 6.07) is 24.9. The Morgan fingerprint density at radius 1 is 0.643 bits per heavy atom. The molecule has 0 saturated carbocycles. The number of carbonyl (C=O) groups excluding carboxylic acids is 2. The van der Waals surface area contributed by atoms with Crippen molar-refractivity contribution in [3.63, 3.8) is 0 Å². The lowest BCUT2D eigenvalue weighted by Crippen LogP contribution is -2.38. The summed E-state index contributed by atoms with van der Waals surface area (Å²) in [5.41, 5.74) is 0.461. The van der Waals surface area contributed by atoms with E-state index in [1.807, 2.05) is 36.4 Å². The molecule has 0 unspecified atom stereocenters. The average molecular weight is 365 g/mol. The number of rotatable bonds is 2. The van der Waals surface area contributed by atoms with Crippen LogP contribution in [0.15, 0.2) is 84.9 Å². The van der Waals surface area contributed by atoms with E-state index >= 15 is 0 Å². The first-order chi connectivity index (χ1) is 13.6. The number of carbonyl (C=O) groups is 2. The van der Waals surface area contributed by atoms with Crippen LogP contribution >= 0.6 is 0 Å². The molecule has 134 valence electrons. The molecule has 0 atom stereocenters. The van der Waals surface area contributed by atoms with Gasteiger partial charge in [0, 0.05) is 27.6 Å². The third-order valence-corrected chi connectivity index (χ3v) is 5.26. The average Bonchev–Trinajstić information content (AvgIpc) is 2.96. The van der Waals surface area contributed by atoms with Crippen LogP contribution in [0.25, 0.3) is 22.2 Å². The smallest absolute Gasteiger partial charge is 0.217 e. The zero-order chi connectivity index (χ0) is 19.3. The van der Waals surface area contributed by atoms with Gasteiger partial charge in [0.2, 0.25) is 17.2 Å². The minimum atomic E-state index is -2.24. The first kappa shape index (κ1) is 16.5. The summed E-state index contributed by atoms with van der Waals surface area (Å²) in [5, 5.41) is 12.3. The van der Waals surface area contributed by atoms with Crippen LogP contribution in [-0.2, 0) is 5.60 Å². The van der Waals surface area contributed by atoms with Gasteiger partial charge in [0.15, 0.2) is 0 Å². The number of para-hydroxylation sites is 1. The van der Waals surface area contributed by atoms with Gasteiger partial charge in [-0.1, -0.05) is 72.8 Å². The third-order valence-electron chi connectivity index (χ3n) is 5.26. The van der Waals surface area contributed by atoms with Gasteiger partial charge in [0.1, 0.15) is 0 Å². The number of benzene rings is 3. The largest absolute Gasteiger partial charge is 0.370 e. The number of aliphatic hydroxyl groups is 1. The summed E-state index contributed by atoms with van der Waals surface area (Å²) in [6.07, 6.45) is 0. The molecule has 0 radical (unpaired) electrons. The van der Waals surface area contributed by atoms with E-state index in [1.165, 1.54) is 0 Å². The molecule has 0 bridgehead atoms. The Morgan fingerprint density at radius 2 is 1.21 bits per heavy atom. The van der Waals surface area contributed by atoms with E-state index in [0.29, 0.717) is 11.3 Å². The van der Waals surface area contributed by atoms with Crippen LogP contribution in [0.2, 0.25) is 0 Å². The quantitative estimate of drug-likeness (QED) is 0.542. The van der Waals surface area contributed by atoms with Crippen molar-refractivity contribution in [1.29, 1.82) is 0 Å². The van der Waals surface area contributed by atoms with Crippen molar-refractivity contribution >= 4 is 22.5 Å². The first-order valence-electron chi connectivity index (χ1n) is 8.97. The highest BCUT2D eigenvalue weighted by atomic mass is 16.3. The van der Waals surface area contributed by atoms with Crippen molar-refractivity contribution in [2.45, 2.75) is 5.60 Å².